The highest BCUT2D eigenvalue weighted by molar-refractivity contribution is 5.98. The molecular formula is C18H23N3O4. The second-order valence-corrected chi connectivity index (χ2v) is 5.82. The summed E-state index contributed by atoms with van der Waals surface area (Å²) in [5, 5.41) is 5.08. The number of anilines is 1. The number of allylic oxidation sites excluding steroid dienone is 1. The maximum Gasteiger partial charge on any atom is 0.340 e. The highest BCUT2D eigenvalue weighted by Gasteiger charge is 2.15. The van der Waals surface area contributed by atoms with Crippen molar-refractivity contribution in [1.29, 1.82) is 0 Å². The maximum absolute atomic E-state index is 12.2. The first-order chi connectivity index (χ1) is 12.1. The largest absolute Gasteiger partial charge is 0.452 e. The van der Waals surface area contributed by atoms with Crippen molar-refractivity contribution in [2.45, 2.75) is 32.1 Å². The molecule has 7 nitrogen and oxygen atoms in total. The van der Waals surface area contributed by atoms with E-state index in [2.05, 4.69) is 11.4 Å². The number of nitrogens with two attached hydrogens (primary N) is 1. The third-order valence-electron chi connectivity index (χ3n) is 3.89. The molecule has 0 aliphatic heterocycles. The topological polar surface area (TPSA) is 111 Å². The van der Waals surface area contributed by atoms with Crippen LogP contribution in [0.5, 0.6) is 0 Å². The minimum absolute atomic E-state index is 0.340. The number of urea groups is 1. The van der Waals surface area contributed by atoms with Crippen molar-refractivity contribution in [2.24, 2.45) is 5.73 Å². The Bertz CT molecular complexity index is 670. The van der Waals surface area contributed by atoms with E-state index in [0.717, 1.165) is 25.8 Å². The molecule has 0 fully saturated rings. The van der Waals surface area contributed by atoms with E-state index in [4.69, 9.17) is 10.5 Å². The van der Waals surface area contributed by atoms with Gasteiger partial charge in [0.15, 0.2) is 6.61 Å². The first-order valence-corrected chi connectivity index (χ1v) is 8.33. The van der Waals surface area contributed by atoms with Gasteiger partial charge in [-0.2, -0.15) is 0 Å². The van der Waals surface area contributed by atoms with Crippen LogP contribution in [0.4, 0.5) is 10.5 Å². The van der Waals surface area contributed by atoms with Crippen molar-refractivity contribution in [1.82, 2.24) is 5.32 Å². The molecular weight excluding hydrogens is 322 g/mol. The molecule has 1 aromatic carbocycles. The Balaban J connectivity index is 1.88. The van der Waals surface area contributed by atoms with Crippen LogP contribution in [-0.2, 0) is 9.53 Å². The molecule has 0 aromatic heterocycles. The lowest BCUT2D eigenvalue weighted by Gasteiger charge is -2.15. The number of carbonyl (C=O) groups is 3. The molecule has 2 rings (SSSR count). The van der Waals surface area contributed by atoms with Crippen LogP contribution in [0.1, 0.15) is 42.5 Å². The number of carbonyl (C=O) groups excluding carboxylic acids is 3. The first-order valence-electron chi connectivity index (χ1n) is 8.33. The number of nitrogens with one attached hydrogen (secondary N) is 2. The molecule has 25 heavy (non-hydrogen) atoms. The molecule has 0 saturated heterocycles. The second-order valence-electron chi connectivity index (χ2n) is 5.82. The van der Waals surface area contributed by atoms with Crippen LogP contribution in [0.3, 0.4) is 0 Å². The van der Waals surface area contributed by atoms with E-state index in [9.17, 15) is 14.4 Å². The summed E-state index contributed by atoms with van der Waals surface area (Å²) in [5.74, 6) is -1.41. The van der Waals surface area contributed by atoms with Gasteiger partial charge in [-0.15, -0.1) is 0 Å². The standard InChI is InChI=1S/C18H23N3O4/c19-18(24)21-16(22)12-25-17(23)14-8-4-5-9-15(14)20-11-10-13-6-2-1-3-7-13/h4-6,8-9,20H,1-3,7,10-12H2,(H3,19,21,22,24). The summed E-state index contributed by atoms with van der Waals surface area (Å²) in [5.41, 5.74) is 7.26. The molecule has 0 unspecified atom stereocenters. The first kappa shape index (κ1) is 18.5. The monoisotopic (exact) mass is 345 g/mol. The van der Waals surface area contributed by atoms with Gasteiger partial charge in [0.05, 0.1) is 5.56 Å². The van der Waals surface area contributed by atoms with Crippen molar-refractivity contribution < 1.29 is 19.1 Å². The summed E-state index contributed by atoms with van der Waals surface area (Å²) in [4.78, 5) is 34.0. The summed E-state index contributed by atoms with van der Waals surface area (Å²) < 4.78 is 4.92. The van der Waals surface area contributed by atoms with E-state index in [1.807, 2.05) is 11.4 Å². The Kier molecular flexibility index (Phi) is 7.00. The molecule has 1 aromatic rings. The van der Waals surface area contributed by atoms with Crippen LogP contribution in [-0.4, -0.2) is 31.1 Å². The summed E-state index contributed by atoms with van der Waals surface area (Å²) >= 11 is 0. The minimum Gasteiger partial charge on any atom is -0.452 e. The lowest BCUT2D eigenvalue weighted by atomic mass is 9.97. The summed E-state index contributed by atoms with van der Waals surface area (Å²) in [7, 11) is 0. The molecule has 0 spiro atoms. The Morgan fingerprint density at radius 2 is 1.96 bits per heavy atom. The molecule has 0 saturated carbocycles. The molecule has 4 N–H and O–H groups in total. The van der Waals surface area contributed by atoms with Gasteiger partial charge in [-0.05, 0) is 44.2 Å². The maximum atomic E-state index is 12.2. The number of hydrogen-bond acceptors (Lipinski definition) is 5. The summed E-state index contributed by atoms with van der Waals surface area (Å²) in [6.45, 7) is 0.154. The molecule has 0 bridgehead atoms. The van der Waals surface area contributed by atoms with E-state index in [-0.39, 0.29) is 0 Å². The zero-order chi connectivity index (χ0) is 18.1. The van der Waals surface area contributed by atoms with Gasteiger partial charge >= 0.3 is 12.0 Å². The van der Waals surface area contributed by atoms with Crippen molar-refractivity contribution >= 4 is 23.6 Å². The van der Waals surface area contributed by atoms with Gasteiger partial charge in [0, 0.05) is 12.2 Å². The van der Waals surface area contributed by atoms with Crippen molar-refractivity contribution in [2.75, 3.05) is 18.5 Å². The van der Waals surface area contributed by atoms with E-state index in [1.54, 1.807) is 18.2 Å². The molecule has 134 valence electrons. The molecule has 3 amide bonds. The molecule has 1 aliphatic rings. The number of rotatable bonds is 7. The van der Waals surface area contributed by atoms with Gasteiger partial charge in [-0.1, -0.05) is 23.8 Å². The molecule has 1 aliphatic carbocycles. The number of benzene rings is 1. The Labute approximate surface area is 146 Å². The van der Waals surface area contributed by atoms with E-state index in [0.29, 0.717) is 11.3 Å². The van der Waals surface area contributed by atoms with E-state index >= 15 is 0 Å². The normalized spacial score (nSPS) is 13.5. The Morgan fingerprint density at radius 3 is 2.68 bits per heavy atom. The quantitative estimate of drug-likeness (QED) is 0.519. The lowest BCUT2D eigenvalue weighted by molar-refractivity contribution is -0.123. The molecule has 7 heteroatoms. The van der Waals surface area contributed by atoms with Crippen LogP contribution < -0.4 is 16.4 Å². The predicted octanol–water partition coefficient (Wildman–Crippen LogP) is 2.34. The van der Waals surface area contributed by atoms with Crippen molar-refractivity contribution in [3.8, 4) is 0 Å². The number of esters is 1. The number of amides is 3. The molecule has 0 radical (unpaired) electrons. The third-order valence-corrected chi connectivity index (χ3v) is 3.89. The van der Waals surface area contributed by atoms with Crippen LogP contribution in [0.2, 0.25) is 0 Å². The lowest BCUT2D eigenvalue weighted by Crippen LogP contribution is -2.37. The molecule has 0 heterocycles. The van der Waals surface area contributed by atoms with Gasteiger partial charge in [0.25, 0.3) is 5.91 Å². The van der Waals surface area contributed by atoms with E-state index in [1.165, 1.54) is 18.4 Å². The predicted molar refractivity (Wildman–Crippen MR) is 94.1 cm³/mol. The fourth-order valence-corrected chi connectivity index (χ4v) is 2.69. The van der Waals surface area contributed by atoms with Gasteiger partial charge in [-0.25, -0.2) is 9.59 Å². The van der Waals surface area contributed by atoms with Gasteiger partial charge < -0.3 is 15.8 Å². The number of ether oxygens (including phenoxy) is 1. The SMILES string of the molecule is NC(=O)NC(=O)COC(=O)c1ccccc1NCCC1=CCCCC1. The fourth-order valence-electron chi connectivity index (χ4n) is 2.69. The fraction of sp³-hybridized carbons (Fsp3) is 0.389. The minimum atomic E-state index is -0.986. The van der Waals surface area contributed by atoms with Crippen LogP contribution in [0.15, 0.2) is 35.9 Å². The Morgan fingerprint density at radius 1 is 1.16 bits per heavy atom. The Hall–Kier alpha value is -2.83. The van der Waals surface area contributed by atoms with E-state index < -0.39 is 24.5 Å². The second kappa shape index (κ2) is 9.46. The van der Waals surface area contributed by atoms with Crippen molar-refractivity contribution in [3.63, 3.8) is 0 Å². The van der Waals surface area contributed by atoms with Gasteiger partial charge in [0.2, 0.25) is 0 Å². The summed E-state index contributed by atoms with van der Waals surface area (Å²) in [6.07, 6.45) is 8.01. The van der Waals surface area contributed by atoms with Crippen LogP contribution in [0.25, 0.3) is 0 Å². The number of imide groups is 1. The smallest absolute Gasteiger partial charge is 0.340 e. The van der Waals surface area contributed by atoms with Gasteiger partial charge in [0.1, 0.15) is 0 Å². The highest BCUT2D eigenvalue weighted by Crippen LogP contribution is 2.21. The highest BCUT2D eigenvalue weighted by atomic mass is 16.5. The van der Waals surface area contributed by atoms with Gasteiger partial charge in [-0.3, -0.25) is 10.1 Å². The van der Waals surface area contributed by atoms with Crippen LogP contribution >= 0.6 is 0 Å². The van der Waals surface area contributed by atoms with Crippen molar-refractivity contribution in [3.05, 3.63) is 41.5 Å². The number of hydrogen-bond donors (Lipinski definition) is 3. The summed E-state index contributed by atoms with van der Waals surface area (Å²) in [6, 6.07) is 5.96. The average molecular weight is 345 g/mol. The zero-order valence-corrected chi connectivity index (χ0v) is 14.0. The third kappa shape index (κ3) is 6.29. The zero-order valence-electron chi connectivity index (χ0n) is 14.0. The number of primary amides is 1. The number of para-hydroxylation sites is 1. The molecule has 0 atom stereocenters. The van der Waals surface area contributed by atoms with Crippen LogP contribution in [0, 0.1) is 0 Å². The average Bonchev–Trinajstić information content (AvgIpc) is 2.60.